The Bertz CT molecular complexity index is 301. The molecule has 0 spiro atoms. The predicted octanol–water partition coefficient (Wildman–Crippen LogP) is 4.23. The first kappa shape index (κ1) is 10.6. The first-order valence-electron chi connectivity index (χ1n) is 5.11. The molecule has 0 radical (unpaired) electrons. The van der Waals surface area contributed by atoms with E-state index >= 15 is 0 Å². The van der Waals surface area contributed by atoms with Gasteiger partial charge in [-0.2, -0.15) is 11.8 Å². The SMILES string of the molecule is CCSCC1(c2ccc(Br)cc2)CC1. The van der Waals surface area contributed by atoms with E-state index in [2.05, 4.69) is 58.9 Å². The zero-order valence-corrected chi connectivity index (χ0v) is 10.8. The number of thioether (sulfide) groups is 1. The Hall–Kier alpha value is 0.0500. The highest BCUT2D eigenvalue weighted by molar-refractivity contribution is 9.10. The summed E-state index contributed by atoms with van der Waals surface area (Å²) in [6, 6.07) is 8.86. The van der Waals surface area contributed by atoms with Crippen LogP contribution in [0.1, 0.15) is 25.3 Å². The third-order valence-corrected chi connectivity index (χ3v) is 4.59. The van der Waals surface area contributed by atoms with Gasteiger partial charge >= 0.3 is 0 Å². The van der Waals surface area contributed by atoms with Crippen LogP contribution >= 0.6 is 27.7 Å². The fourth-order valence-corrected chi connectivity index (χ4v) is 3.08. The molecule has 1 aliphatic carbocycles. The maximum atomic E-state index is 3.48. The summed E-state index contributed by atoms with van der Waals surface area (Å²) in [5.41, 5.74) is 2.06. The summed E-state index contributed by atoms with van der Waals surface area (Å²) >= 11 is 5.54. The van der Waals surface area contributed by atoms with Crippen LogP contribution in [-0.2, 0) is 5.41 Å². The van der Waals surface area contributed by atoms with Crippen LogP contribution in [0.2, 0.25) is 0 Å². The highest BCUT2D eigenvalue weighted by Gasteiger charge is 2.43. The average Bonchev–Trinajstić information content (AvgIpc) is 2.97. The van der Waals surface area contributed by atoms with E-state index in [9.17, 15) is 0 Å². The number of hydrogen-bond acceptors (Lipinski definition) is 1. The van der Waals surface area contributed by atoms with E-state index in [1.165, 1.54) is 34.4 Å². The highest BCUT2D eigenvalue weighted by atomic mass is 79.9. The zero-order valence-electron chi connectivity index (χ0n) is 8.42. The van der Waals surface area contributed by atoms with Gasteiger partial charge in [0.2, 0.25) is 0 Å². The third-order valence-electron chi connectivity index (χ3n) is 2.89. The molecule has 0 unspecified atom stereocenters. The second-order valence-electron chi connectivity index (χ2n) is 3.92. The van der Waals surface area contributed by atoms with Gasteiger partial charge in [-0.1, -0.05) is 35.0 Å². The number of hydrogen-bond donors (Lipinski definition) is 0. The fraction of sp³-hybridized carbons (Fsp3) is 0.500. The molecule has 0 saturated heterocycles. The molecule has 0 aromatic heterocycles. The summed E-state index contributed by atoms with van der Waals surface area (Å²) in [6.45, 7) is 2.24. The predicted molar refractivity (Wildman–Crippen MR) is 68.1 cm³/mol. The summed E-state index contributed by atoms with van der Waals surface area (Å²) in [6.07, 6.45) is 2.75. The summed E-state index contributed by atoms with van der Waals surface area (Å²) in [5.74, 6) is 2.53. The van der Waals surface area contributed by atoms with Crippen LogP contribution in [0.15, 0.2) is 28.7 Å². The van der Waals surface area contributed by atoms with Gasteiger partial charge in [0.25, 0.3) is 0 Å². The van der Waals surface area contributed by atoms with Crippen molar-refractivity contribution in [1.29, 1.82) is 0 Å². The molecule has 1 aromatic rings. The van der Waals surface area contributed by atoms with Crippen molar-refractivity contribution < 1.29 is 0 Å². The lowest BCUT2D eigenvalue weighted by molar-refractivity contribution is 0.802. The van der Waals surface area contributed by atoms with E-state index < -0.39 is 0 Å². The average molecular weight is 271 g/mol. The van der Waals surface area contributed by atoms with Crippen LogP contribution in [0, 0.1) is 0 Å². The Balaban J connectivity index is 2.10. The first-order valence-corrected chi connectivity index (χ1v) is 7.05. The summed E-state index contributed by atoms with van der Waals surface area (Å²) in [7, 11) is 0. The molecule has 2 rings (SSSR count). The molecule has 0 aliphatic heterocycles. The van der Waals surface area contributed by atoms with E-state index in [0.717, 1.165) is 0 Å². The summed E-state index contributed by atoms with van der Waals surface area (Å²) in [4.78, 5) is 0. The van der Waals surface area contributed by atoms with Crippen LogP contribution in [0.25, 0.3) is 0 Å². The Morgan fingerprint density at radius 1 is 1.29 bits per heavy atom. The molecular formula is C12H15BrS. The second-order valence-corrected chi connectivity index (χ2v) is 6.11. The highest BCUT2D eigenvalue weighted by Crippen LogP contribution is 2.50. The van der Waals surface area contributed by atoms with E-state index in [0.29, 0.717) is 5.41 Å². The van der Waals surface area contributed by atoms with Gasteiger partial charge in [-0.15, -0.1) is 0 Å². The lowest BCUT2D eigenvalue weighted by Crippen LogP contribution is -2.09. The van der Waals surface area contributed by atoms with Crippen molar-refractivity contribution in [3.8, 4) is 0 Å². The van der Waals surface area contributed by atoms with Gasteiger partial charge < -0.3 is 0 Å². The molecule has 0 N–H and O–H groups in total. The molecular weight excluding hydrogens is 256 g/mol. The van der Waals surface area contributed by atoms with Gasteiger partial charge in [-0.3, -0.25) is 0 Å². The smallest absolute Gasteiger partial charge is 0.0175 e. The third kappa shape index (κ3) is 2.17. The van der Waals surface area contributed by atoms with Gasteiger partial charge in [0, 0.05) is 15.6 Å². The number of halogens is 1. The zero-order chi connectivity index (χ0) is 10.0. The molecule has 1 fully saturated rings. The molecule has 2 heteroatoms. The van der Waals surface area contributed by atoms with Crippen molar-refractivity contribution in [2.45, 2.75) is 25.2 Å². The minimum absolute atomic E-state index is 0.529. The summed E-state index contributed by atoms with van der Waals surface area (Å²) < 4.78 is 1.18. The Kier molecular flexibility index (Phi) is 3.23. The fourth-order valence-electron chi connectivity index (χ4n) is 1.77. The standard InChI is InChI=1S/C12H15BrS/c1-2-14-9-12(7-8-12)10-3-5-11(13)6-4-10/h3-6H,2,7-9H2,1H3. The van der Waals surface area contributed by atoms with Crippen LogP contribution in [0.5, 0.6) is 0 Å². The van der Waals surface area contributed by atoms with Gasteiger partial charge in [0.1, 0.15) is 0 Å². The van der Waals surface area contributed by atoms with Crippen molar-refractivity contribution in [3.05, 3.63) is 34.3 Å². The maximum absolute atomic E-state index is 3.48. The van der Waals surface area contributed by atoms with Gasteiger partial charge in [0.15, 0.2) is 0 Å². The molecule has 0 amide bonds. The Morgan fingerprint density at radius 3 is 2.43 bits per heavy atom. The number of benzene rings is 1. The maximum Gasteiger partial charge on any atom is 0.0175 e. The van der Waals surface area contributed by atoms with Gasteiger partial charge in [-0.05, 0) is 36.3 Å². The van der Waals surface area contributed by atoms with E-state index in [1.807, 2.05) is 0 Å². The Morgan fingerprint density at radius 2 is 1.93 bits per heavy atom. The second kappa shape index (κ2) is 4.28. The molecule has 76 valence electrons. The van der Waals surface area contributed by atoms with Crippen molar-refractivity contribution >= 4 is 27.7 Å². The van der Waals surface area contributed by atoms with E-state index in [4.69, 9.17) is 0 Å². The van der Waals surface area contributed by atoms with Crippen LogP contribution in [-0.4, -0.2) is 11.5 Å². The van der Waals surface area contributed by atoms with Gasteiger partial charge in [0.05, 0.1) is 0 Å². The van der Waals surface area contributed by atoms with E-state index in [1.54, 1.807) is 0 Å². The molecule has 0 nitrogen and oxygen atoms in total. The van der Waals surface area contributed by atoms with Crippen molar-refractivity contribution in [3.63, 3.8) is 0 Å². The van der Waals surface area contributed by atoms with Crippen molar-refractivity contribution in [1.82, 2.24) is 0 Å². The molecule has 1 saturated carbocycles. The largest absolute Gasteiger partial charge is 0.161 e. The van der Waals surface area contributed by atoms with Crippen LogP contribution in [0.4, 0.5) is 0 Å². The lowest BCUT2D eigenvalue weighted by Gasteiger charge is -2.14. The van der Waals surface area contributed by atoms with Crippen molar-refractivity contribution in [2.24, 2.45) is 0 Å². The monoisotopic (exact) mass is 270 g/mol. The van der Waals surface area contributed by atoms with Crippen LogP contribution in [0.3, 0.4) is 0 Å². The minimum Gasteiger partial charge on any atom is -0.161 e. The topological polar surface area (TPSA) is 0 Å². The summed E-state index contributed by atoms with van der Waals surface area (Å²) in [5, 5.41) is 0. The molecule has 0 atom stereocenters. The molecule has 0 heterocycles. The molecule has 1 aromatic carbocycles. The van der Waals surface area contributed by atoms with E-state index in [-0.39, 0.29) is 0 Å². The van der Waals surface area contributed by atoms with Crippen molar-refractivity contribution in [2.75, 3.05) is 11.5 Å². The van der Waals surface area contributed by atoms with Gasteiger partial charge in [-0.25, -0.2) is 0 Å². The molecule has 1 aliphatic rings. The molecule has 0 bridgehead atoms. The Labute approximate surface area is 98.6 Å². The molecule has 14 heavy (non-hydrogen) atoms. The number of rotatable bonds is 4. The normalized spacial score (nSPS) is 18.1. The minimum atomic E-state index is 0.529. The quantitative estimate of drug-likeness (QED) is 0.789. The lowest BCUT2D eigenvalue weighted by atomic mass is 9.99. The first-order chi connectivity index (χ1) is 6.77. The van der Waals surface area contributed by atoms with Crippen LogP contribution < -0.4 is 0 Å².